The van der Waals surface area contributed by atoms with E-state index in [0.717, 1.165) is 35.7 Å². The number of thioether (sulfide) groups is 1. The van der Waals surface area contributed by atoms with Crippen LogP contribution in [0.1, 0.15) is 52.0 Å². The molecule has 180 valence electrons. The Hall–Kier alpha value is -2.73. The maximum Gasteiger partial charge on any atom is 0.267 e. The number of hydrogen-bond acceptors (Lipinski definition) is 5. The van der Waals surface area contributed by atoms with E-state index in [-0.39, 0.29) is 11.9 Å². The van der Waals surface area contributed by atoms with E-state index in [4.69, 9.17) is 14.5 Å². The predicted molar refractivity (Wildman–Crippen MR) is 141 cm³/mol. The number of methoxy groups -OCH3 is 1. The van der Waals surface area contributed by atoms with Crippen molar-refractivity contribution in [2.24, 2.45) is 16.8 Å². The molecule has 0 unspecified atom stereocenters. The Morgan fingerprint density at radius 1 is 1.12 bits per heavy atom. The van der Waals surface area contributed by atoms with Gasteiger partial charge in [0.05, 0.1) is 24.3 Å². The monoisotopic (exact) mass is 478 g/mol. The van der Waals surface area contributed by atoms with E-state index in [1.165, 1.54) is 18.2 Å². The lowest BCUT2D eigenvalue weighted by Gasteiger charge is -2.35. The number of carbonyl (C=O) groups is 1. The molecule has 1 saturated carbocycles. The normalized spacial score (nSPS) is 23.2. The van der Waals surface area contributed by atoms with Crippen LogP contribution in [0.25, 0.3) is 6.08 Å². The number of aliphatic imine (C=N–C) groups is 1. The highest BCUT2D eigenvalue weighted by molar-refractivity contribution is 8.18. The Balaban J connectivity index is 1.65. The first-order valence-corrected chi connectivity index (χ1v) is 13.0. The molecule has 2 fully saturated rings. The lowest BCUT2D eigenvalue weighted by atomic mass is 9.85. The molecule has 0 aromatic heterocycles. The largest absolute Gasteiger partial charge is 0.493 e. The average Bonchev–Trinajstić information content (AvgIpc) is 3.13. The van der Waals surface area contributed by atoms with Crippen LogP contribution in [0.15, 0.2) is 58.4 Å². The number of amides is 1. The Labute approximate surface area is 207 Å². The van der Waals surface area contributed by atoms with Gasteiger partial charge in [0.2, 0.25) is 0 Å². The van der Waals surface area contributed by atoms with Crippen molar-refractivity contribution in [3.8, 4) is 11.5 Å². The molecule has 1 amide bonds. The maximum atomic E-state index is 13.7. The molecule has 2 aromatic rings. The zero-order valence-electron chi connectivity index (χ0n) is 20.5. The highest BCUT2D eigenvalue weighted by atomic mass is 32.2. The van der Waals surface area contributed by atoms with Gasteiger partial charge in [-0.2, -0.15) is 0 Å². The van der Waals surface area contributed by atoms with Gasteiger partial charge in [0.25, 0.3) is 5.91 Å². The van der Waals surface area contributed by atoms with Crippen molar-refractivity contribution in [1.82, 2.24) is 4.90 Å². The molecular formula is C28H34N2O3S. The van der Waals surface area contributed by atoms with Crippen molar-refractivity contribution < 1.29 is 14.3 Å². The third-order valence-corrected chi connectivity index (χ3v) is 7.26. The molecule has 2 aromatic carbocycles. The lowest BCUT2D eigenvalue weighted by Crippen LogP contribution is -2.44. The first kappa shape index (κ1) is 24.4. The molecule has 6 heteroatoms. The summed E-state index contributed by atoms with van der Waals surface area (Å²) in [7, 11) is 1.64. The van der Waals surface area contributed by atoms with Crippen molar-refractivity contribution in [2.45, 2.75) is 52.5 Å². The smallest absolute Gasteiger partial charge is 0.267 e. The first-order chi connectivity index (χ1) is 16.5. The zero-order chi connectivity index (χ0) is 24.1. The third-order valence-electron chi connectivity index (χ3n) is 6.27. The summed E-state index contributed by atoms with van der Waals surface area (Å²) >= 11 is 1.46. The van der Waals surface area contributed by atoms with Crippen molar-refractivity contribution in [3.05, 3.63) is 59.0 Å². The molecule has 34 heavy (non-hydrogen) atoms. The van der Waals surface area contributed by atoms with E-state index in [1.54, 1.807) is 7.11 Å². The Morgan fingerprint density at radius 2 is 1.88 bits per heavy atom. The topological polar surface area (TPSA) is 51.1 Å². The van der Waals surface area contributed by atoms with E-state index >= 15 is 0 Å². The second-order valence-electron chi connectivity index (χ2n) is 9.46. The highest BCUT2D eigenvalue weighted by Crippen LogP contribution is 2.40. The number of para-hydroxylation sites is 1. The summed E-state index contributed by atoms with van der Waals surface area (Å²) in [5.41, 5.74) is 1.77. The number of nitrogens with zero attached hydrogens (tertiary/aromatic N) is 2. The van der Waals surface area contributed by atoms with Crippen LogP contribution in [0.4, 0.5) is 5.69 Å². The van der Waals surface area contributed by atoms with Crippen LogP contribution < -0.4 is 9.47 Å². The molecule has 1 aliphatic heterocycles. The maximum absolute atomic E-state index is 13.7. The van der Waals surface area contributed by atoms with Gasteiger partial charge >= 0.3 is 0 Å². The van der Waals surface area contributed by atoms with Crippen LogP contribution in [-0.4, -0.2) is 35.7 Å². The van der Waals surface area contributed by atoms with Gasteiger partial charge in [-0.1, -0.05) is 57.9 Å². The van der Waals surface area contributed by atoms with Crippen molar-refractivity contribution in [3.63, 3.8) is 0 Å². The van der Waals surface area contributed by atoms with E-state index in [2.05, 4.69) is 20.8 Å². The molecule has 2 atom stereocenters. The van der Waals surface area contributed by atoms with Gasteiger partial charge in [-0.15, -0.1) is 0 Å². The highest BCUT2D eigenvalue weighted by Gasteiger charge is 2.41. The fourth-order valence-electron chi connectivity index (χ4n) is 4.45. The van der Waals surface area contributed by atoms with Gasteiger partial charge in [0.15, 0.2) is 16.7 Å². The second-order valence-corrected chi connectivity index (χ2v) is 10.5. The summed E-state index contributed by atoms with van der Waals surface area (Å²) in [5.74, 6) is 2.30. The average molecular weight is 479 g/mol. The quantitative estimate of drug-likeness (QED) is 0.406. The van der Waals surface area contributed by atoms with Crippen LogP contribution in [0.5, 0.6) is 11.5 Å². The number of ether oxygens (including phenoxy) is 2. The molecule has 5 nitrogen and oxygen atoms in total. The second kappa shape index (κ2) is 11.1. The molecule has 1 heterocycles. The Bertz CT molecular complexity index is 1060. The summed E-state index contributed by atoms with van der Waals surface area (Å²) in [4.78, 5) is 21.2. The summed E-state index contributed by atoms with van der Waals surface area (Å²) < 4.78 is 11.4. The number of hydrogen-bond donors (Lipinski definition) is 0. The number of benzene rings is 2. The summed E-state index contributed by atoms with van der Waals surface area (Å²) in [6.45, 7) is 7.10. The molecule has 1 aliphatic carbocycles. The van der Waals surface area contributed by atoms with Crippen LogP contribution in [0.3, 0.4) is 0 Å². The minimum absolute atomic E-state index is 0.0394. The van der Waals surface area contributed by atoms with Gasteiger partial charge in [0.1, 0.15) is 0 Å². The summed E-state index contributed by atoms with van der Waals surface area (Å²) in [6.07, 6.45) is 6.48. The van der Waals surface area contributed by atoms with Crippen molar-refractivity contribution in [2.75, 3.05) is 13.7 Å². The van der Waals surface area contributed by atoms with Gasteiger partial charge in [-0.05, 0) is 72.3 Å². The zero-order valence-corrected chi connectivity index (χ0v) is 21.3. The molecule has 0 bridgehead atoms. The summed E-state index contributed by atoms with van der Waals surface area (Å²) in [5, 5.41) is 0.769. The molecule has 0 N–H and O–H groups in total. The lowest BCUT2D eigenvalue weighted by molar-refractivity contribution is -0.124. The molecule has 0 spiro atoms. The molecule has 2 aliphatic rings. The van der Waals surface area contributed by atoms with E-state index < -0.39 is 0 Å². The van der Waals surface area contributed by atoms with E-state index in [1.807, 2.05) is 59.5 Å². The third kappa shape index (κ3) is 5.66. The van der Waals surface area contributed by atoms with Gasteiger partial charge < -0.3 is 9.47 Å². The van der Waals surface area contributed by atoms with Gasteiger partial charge in [-0.3, -0.25) is 9.69 Å². The minimum atomic E-state index is 0.0394. The van der Waals surface area contributed by atoms with E-state index in [0.29, 0.717) is 34.8 Å². The van der Waals surface area contributed by atoms with Crippen LogP contribution in [-0.2, 0) is 4.79 Å². The number of carbonyl (C=O) groups excluding carboxylic acids is 1. The molecule has 1 saturated heterocycles. The van der Waals surface area contributed by atoms with E-state index in [9.17, 15) is 4.79 Å². The SMILES string of the molecule is COc1cc(/C=C2\SC(=Nc3ccccc3)N([C@@H]3CCCC[C@@H]3C)C2=O)ccc1OCC(C)C. The summed E-state index contributed by atoms with van der Waals surface area (Å²) in [6, 6.07) is 15.9. The minimum Gasteiger partial charge on any atom is -0.493 e. The van der Waals surface area contributed by atoms with Crippen molar-refractivity contribution >= 4 is 34.6 Å². The van der Waals surface area contributed by atoms with Gasteiger partial charge in [-0.25, -0.2) is 4.99 Å². The van der Waals surface area contributed by atoms with Crippen LogP contribution in [0.2, 0.25) is 0 Å². The Kier molecular flexibility index (Phi) is 7.99. The predicted octanol–water partition coefficient (Wildman–Crippen LogP) is 6.91. The molecule has 0 radical (unpaired) electrons. The van der Waals surface area contributed by atoms with Crippen LogP contribution in [0, 0.1) is 11.8 Å². The fourth-order valence-corrected chi connectivity index (χ4v) is 5.50. The van der Waals surface area contributed by atoms with Crippen molar-refractivity contribution in [1.29, 1.82) is 0 Å². The van der Waals surface area contributed by atoms with Crippen LogP contribution >= 0.6 is 11.8 Å². The standard InChI is InChI=1S/C28H34N2O3S/c1-19(2)18-33-24-15-14-21(16-25(24)32-4)17-26-27(31)30(23-13-9-8-10-20(23)3)28(34-26)29-22-11-6-5-7-12-22/h5-7,11-12,14-17,19-20,23H,8-10,13,18H2,1-4H3/b26-17-,29-28?/t20-,23+/m0/s1. The first-order valence-electron chi connectivity index (χ1n) is 12.1. The fraction of sp³-hybridized carbons (Fsp3) is 0.429. The molecular weight excluding hydrogens is 444 g/mol. The number of amidine groups is 1. The Morgan fingerprint density at radius 3 is 2.59 bits per heavy atom. The molecule has 4 rings (SSSR count). The number of rotatable bonds is 7. The van der Waals surface area contributed by atoms with Gasteiger partial charge in [0, 0.05) is 6.04 Å².